The maximum Gasteiger partial charge on any atom is 0.306 e. The highest BCUT2D eigenvalue weighted by atomic mass is 16.7. The third-order valence-electron chi connectivity index (χ3n) is 14.3. The van der Waals surface area contributed by atoms with Gasteiger partial charge < -0.3 is 45.1 Å². The topological polar surface area (TPSA) is 175 Å². The van der Waals surface area contributed by atoms with Crippen LogP contribution in [0.15, 0.2) is 85.1 Å². The highest BCUT2D eigenvalue weighted by molar-refractivity contribution is 5.80. The molecule has 0 aromatic rings. The molecule has 0 aliphatic carbocycles. The van der Waals surface area contributed by atoms with Gasteiger partial charge in [-0.1, -0.05) is 260 Å². The van der Waals surface area contributed by atoms with Crippen LogP contribution in [0.2, 0.25) is 0 Å². The van der Waals surface area contributed by atoms with Gasteiger partial charge in [0.25, 0.3) is 0 Å². The Hall–Kier alpha value is -3.16. The van der Waals surface area contributed by atoms with Crippen molar-refractivity contribution in [3.63, 3.8) is 0 Å². The number of unbranched alkanes of at least 4 members (excludes halogenated alkanes) is 26. The highest BCUT2D eigenvalue weighted by Crippen LogP contribution is 2.26. The van der Waals surface area contributed by atoms with Crippen molar-refractivity contribution in [1.29, 1.82) is 0 Å². The van der Waals surface area contributed by atoms with Crippen LogP contribution in [0, 0.1) is 0 Å². The molecule has 1 rings (SSSR count). The van der Waals surface area contributed by atoms with Crippen LogP contribution in [0.5, 0.6) is 0 Å². The van der Waals surface area contributed by atoms with Crippen molar-refractivity contribution >= 4 is 11.9 Å². The molecule has 1 heterocycles. The van der Waals surface area contributed by atoms with Crippen molar-refractivity contribution in [2.75, 3.05) is 13.2 Å². The van der Waals surface area contributed by atoms with Crippen LogP contribution in [0.25, 0.3) is 0 Å². The number of ether oxygens (including phenoxy) is 3. The van der Waals surface area contributed by atoms with Crippen LogP contribution in [-0.2, 0) is 23.8 Å². The Labute approximate surface area is 470 Å². The molecule has 0 saturated carbocycles. The standard InChI is InChI=1S/C66H115NO10/c1-4-7-10-13-16-19-22-25-27-28-29-30-31-32-33-36-39-42-45-48-51-54-61(71)77-64-63(73)62(72)60(55-68)76-66(64)75-56-57(58(69)52-49-46-43-40-37-34-24-21-18-15-12-9-6-3)67-65(74)59(70)53-50-47-44-41-38-35-26-23-20-17-14-11-8-5-2/h7,10,16,19,25,27,29-30,32-33,39,42,49,52,57-60,62-64,66,68-70,72-73H,4-6,8-9,11-15,17-18,20-24,26,28,31,34-38,40-41,43-48,50-51,53-56H2,1-3H3,(H,67,74)/b10-7-,19-16-,27-25-,30-29-,33-32-,42-39-,52-49+. The van der Waals surface area contributed by atoms with Gasteiger partial charge in [0.2, 0.25) is 5.91 Å². The number of hydrogen-bond acceptors (Lipinski definition) is 10. The molecular formula is C66H115NO10. The first-order valence-electron chi connectivity index (χ1n) is 31.4. The molecule has 1 amide bonds. The van der Waals surface area contributed by atoms with E-state index in [0.29, 0.717) is 12.8 Å². The molecule has 11 nitrogen and oxygen atoms in total. The molecule has 11 heteroatoms. The number of aliphatic hydroxyl groups excluding tert-OH is 5. The second-order valence-corrected chi connectivity index (χ2v) is 21.4. The van der Waals surface area contributed by atoms with Crippen molar-refractivity contribution in [1.82, 2.24) is 5.32 Å². The van der Waals surface area contributed by atoms with Gasteiger partial charge in [0.1, 0.15) is 24.4 Å². The summed E-state index contributed by atoms with van der Waals surface area (Å²) in [5.41, 5.74) is 0. The van der Waals surface area contributed by atoms with Gasteiger partial charge >= 0.3 is 5.97 Å². The smallest absolute Gasteiger partial charge is 0.306 e. The molecular weight excluding hydrogens is 967 g/mol. The predicted octanol–water partition coefficient (Wildman–Crippen LogP) is 14.9. The lowest BCUT2D eigenvalue weighted by Crippen LogP contribution is -2.61. The van der Waals surface area contributed by atoms with E-state index in [-0.39, 0.29) is 19.4 Å². The Kier molecular flexibility index (Phi) is 49.9. The zero-order chi connectivity index (χ0) is 56.1. The van der Waals surface area contributed by atoms with Gasteiger partial charge in [0.05, 0.1) is 25.4 Å². The van der Waals surface area contributed by atoms with E-state index < -0.39 is 67.4 Å². The lowest BCUT2D eigenvalue weighted by atomic mass is 9.99. The molecule has 8 atom stereocenters. The molecule has 77 heavy (non-hydrogen) atoms. The minimum absolute atomic E-state index is 0.0661. The summed E-state index contributed by atoms with van der Waals surface area (Å²) in [6.07, 6.45) is 59.0. The van der Waals surface area contributed by atoms with Gasteiger partial charge in [-0.05, 0) is 77.0 Å². The first-order chi connectivity index (χ1) is 37.7. The molecule has 1 aliphatic heterocycles. The van der Waals surface area contributed by atoms with Gasteiger partial charge in [-0.2, -0.15) is 0 Å². The summed E-state index contributed by atoms with van der Waals surface area (Å²) in [7, 11) is 0. The molecule has 444 valence electrons. The van der Waals surface area contributed by atoms with Crippen molar-refractivity contribution in [2.24, 2.45) is 0 Å². The summed E-state index contributed by atoms with van der Waals surface area (Å²) < 4.78 is 17.6. The number of carbonyl (C=O) groups is 2. The van der Waals surface area contributed by atoms with E-state index in [4.69, 9.17) is 14.2 Å². The molecule has 1 saturated heterocycles. The van der Waals surface area contributed by atoms with Crippen LogP contribution < -0.4 is 5.32 Å². The van der Waals surface area contributed by atoms with E-state index >= 15 is 0 Å². The molecule has 0 bridgehead atoms. The number of aliphatic hydroxyl groups is 5. The Morgan fingerprint density at radius 1 is 0.519 bits per heavy atom. The van der Waals surface area contributed by atoms with E-state index in [1.54, 1.807) is 6.08 Å². The maximum atomic E-state index is 13.4. The molecule has 0 spiro atoms. The summed E-state index contributed by atoms with van der Waals surface area (Å²) in [5, 5.41) is 57.0. The molecule has 0 aromatic heterocycles. The SMILES string of the molecule is CC/C=C\C/C=C\C/C=C\C/C=C\C/C=C\C/C=C\CCCCC(=O)OC1C(OCC(NC(=O)C(O)CCCCCCCCCCCCCCCC)C(O)/C=C/CCCCCCCCCCCCC)OC(CO)C(O)C1O. The third kappa shape index (κ3) is 41.5. The lowest BCUT2D eigenvalue weighted by Gasteiger charge is -2.41. The molecule has 0 radical (unpaired) electrons. The molecule has 0 aromatic carbocycles. The minimum Gasteiger partial charge on any atom is -0.454 e. The first kappa shape index (κ1) is 71.9. The van der Waals surface area contributed by atoms with Gasteiger partial charge in [-0.15, -0.1) is 0 Å². The molecule has 1 aliphatic rings. The average Bonchev–Trinajstić information content (AvgIpc) is 3.43. The second kappa shape index (κ2) is 53.5. The molecule has 1 fully saturated rings. The van der Waals surface area contributed by atoms with Crippen LogP contribution in [0.3, 0.4) is 0 Å². The zero-order valence-corrected chi connectivity index (χ0v) is 49.1. The Morgan fingerprint density at radius 2 is 0.935 bits per heavy atom. The quantitative estimate of drug-likeness (QED) is 0.0195. The number of rotatable bonds is 52. The van der Waals surface area contributed by atoms with E-state index in [0.717, 1.165) is 89.9 Å². The van der Waals surface area contributed by atoms with Crippen LogP contribution in [-0.4, -0.2) is 99.6 Å². The van der Waals surface area contributed by atoms with Crippen LogP contribution in [0.4, 0.5) is 0 Å². The zero-order valence-electron chi connectivity index (χ0n) is 49.1. The average molecular weight is 1080 g/mol. The van der Waals surface area contributed by atoms with E-state index in [1.165, 1.54) is 122 Å². The van der Waals surface area contributed by atoms with Crippen molar-refractivity contribution < 1.29 is 49.3 Å². The van der Waals surface area contributed by atoms with E-state index in [9.17, 15) is 35.1 Å². The largest absolute Gasteiger partial charge is 0.454 e. The van der Waals surface area contributed by atoms with Crippen molar-refractivity contribution in [3.8, 4) is 0 Å². The fourth-order valence-electron chi connectivity index (χ4n) is 9.36. The van der Waals surface area contributed by atoms with Crippen LogP contribution >= 0.6 is 0 Å². The number of esters is 1. The Balaban J connectivity index is 2.71. The lowest BCUT2D eigenvalue weighted by molar-refractivity contribution is -0.305. The number of amides is 1. The second-order valence-electron chi connectivity index (χ2n) is 21.4. The summed E-state index contributed by atoms with van der Waals surface area (Å²) in [5.74, 6) is -1.24. The van der Waals surface area contributed by atoms with Crippen molar-refractivity contribution in [3.05, 3.63) is 85.1 Å². The van der Waals surface area contributed by atoms with Gasteiger partial charge in [0, 0.05) is 6.42 Å². The maximum absolute atomic E-state index is 13.4. The molecule has 6 N–H and O–H groups in total. The van der Waals surface area contributed by atoms with Gasteiger partial charge in [-0.25, -0.2) is 0 Å². The first-order valence-corrected chi connectivity index (χ1v) is 31.4. The van der Waals surface area contributed by atoms with Crippen molar-refractivity contribution in [2.45, 2.75) is 307 Å². The summed E-state index contributed by atoms with van der Waals surface area (Å²) >= 11 is 0. The predicted molar refractivity (Wildman–Crippen MR) is 319 cm³/mol. The third-order valence-corrected chi connectivity index (χ3v) is 14.3. The number of carbonyl (C=O) groups excluding carboxylic acids is 2. The Morgan fingerprint density at radius 3 is 1.40 bits per heavy atom. The number of allylic oxidation sites excluding steroid dienone is 13. The minimum atomic E-state index is -1.63. The number of nitrogens with one attached hydrogen (secondary N) is 1. The highest BCUT2D eigenvalue weighted by Gasteiger charge is 2.47. The summed E-state index contributed by atoms with van der Waals surface area (Å²) in [4.78, 5) is 26.5. The van der Waals surface area contributed by atoms with Crippen LogP contribution in [0.1, 0.15) is 258 Å². The van der Waals surface area contributed by atoms with Gasteiger partial charge in [0.15, 0.2) is 12.4 Å². The fraction of sp³-hybridized carbons (Fsp3) is 0.758. The normalized spacial score (nSPS) is 19.6. The summed E-state index contributed by atoms with van der Waals surface area (Å²) in [6, 6.07) is -1.03. The Bertz CT molecular complexity index is 1570. The van der Waals surface area contributed by atoms with E-state index in [1.807, 2.05) is 6.08 Å². The van der Waals surface area contributed by atoms with Gasteiger partial charge in [-0.3, -0.25) is 9.59 Å². The monoisotopic (exact) mass is 1080 g/mol. The summed E-state index contributed by atoms with van der Waals surface area (Å²) in [6.45, 7) is 5.66. The molecule has 8 unspecified atom stereocenters. The number of hydrogen-bond donors (Lipinski definition) is 6. The fourth-order valence-corrected chi connectivity index (χ4v) is 9.36. The van der Waals surface area contributed by atoms with E-state index in [2.05, 4.69) is 99.0 Å².